The van der Waals surface area contributed by atoms with E-state index < -0.39 is 0 Å². The normalized spacial score (nSPS) is 20.0. The molecule has 4 nitrogen and oxygen atoms in total. The SMILES string of the molecule is COc1ccc(C2COc3cc(O)ccc3C2)c2c1C=CC(C)(C)O2. The van der Waals surface area contributed by atoms with E-state index in [1.165, 1.54) is 0 Å². The molecular formula is C21H22O4. The van der Waals surface area contributed by atoms with E-state index in [0.717, 1.165) is 40.4 Å². The summed E-state index contributed by atoms with van der Waals surface area (Å²) in [6, 6.07) is 9.38. The number of hydrogen-bond donors (Lipinski definition) is 1. The molecule has 1 unspecified atom stereocenters. The molecule has 0 aliphatic carbocycles. The molecule has 2 aliphatic rings. The Morgan fingerprint density at radius 3 is 2.84 bits per heavy atom. The number of phenolic OH excluding ortho intramolecular Hbond substituents is 1. The van der Waals surface area contributed by atoms with Crippen molar-refractivity contribution in [3.8, 4) is 23.0 Å². The summed E-state index contributed by atoms with van der Waals surface area (Å²) in [6.07, 6.45) is 4.98. The number of fused-ring (bicyclic) bond motifs is 2. The fraction of sp³-hybridized carbons (Fsp3) is 0.333. The van der Waals surface area contributed by atoms with Crippen LogP contribution in [-0.2, 0) is 6.42 Å². The van der Waals surface area contributed by atoms with Crippen molar-refractivity contribution in [2.24, 2.45) is 0 Å². The van der Waals surface area contributed by atoms with Crippen LogP contribution in [0, 0.1) is 0 Å². The zero-order valence-corrected chi connectivity index (χ0v) is 14.7. The summed E-state index contributed by atoms with van der Waals surface area (Å²) < 4.78 is 17.7. The summed E-state index contributed by atoms with van der Waals surface area (Å²) >= 11 is 0. The first-order valence-electron chi connectivity index (χ1n) is 8.51. The fourth-order valence-electron chi connectivity index (χ4n) is 3.51. The summed E-state index contributed by atoms with van der Waals surface area (Å²) in [5.41, 5.74) is 2.86. The first-order chi connectivity index (χ1) is 12.0. The molecule has 2 heterocycles. The minimum absolute atomic E-state index is 0.194. The van der Waals surface area contributed by atoms with Gasteiger partial charge in [0.2, 0.25) is 0 Å². The predicted molar refractivity (Wildman–Crippen MR) is 96.8 cm³/mol. The molecule has 0 bridgehead atoms. The highest BCUT2D eigenvalue weighted by Gasteiger charge is 2.31. The third-order valence-electron chi connectivity index (χ3n) is 4.82. The van der Waals surface area contributed by atoms with Gasteiger partial charge >= 0.3 is 0 Å². The van der Waals surface area contributed by atoms with E-state index in [9.17, 15) is 5.11 Å². The van der Waals surface area contributed by atoms with E-state index in [2.05, 4.69) is 18.2 Å². The van der Waals surface area contributed by atoms with Gasteiger partial charge in [-0.25, -0.2) is 0 Å². The maximum Gasteiger partial charge on any atom is 0.135 e. The van der Waals surface area contributed by atoms with Crippen LogP contribution in [0.1, 0.15) is 36.5 Å². The van der Waals surface area contributed by atoms with Gasteiger partial charge in [-0.3, -0.25) is 0 Å². The summed E-state index contributed by atoms with van der Waals surface area (Å²) in [5.74, 6) is 2.88. The molecule has 0 radical (unpaired) electrons. The molecule has 0 amide bonds. The standard InChI is InChI=1S/C21H22O4/c1-21(2)9-8-17-18(23-3)7-6-16(20(17)25-21)14-10-13-4-5-15(22)11-19(13)24-12-14/h4-9,11,14,22H,10,12H2,1-3H3. The van der Waals surface area contributed by atoms with Crippen molar-refractivity contribution in [3.63, 3.8) is 0 Å². The number of rotatable bonds is 2. The van der Waals surface area contributed by atoms with Crippen LogP contribution in [0.25, 0.3) is 6.08 Å². The minimum atomic E-state index is -0.354. The van der Waals surface area contributed by atoms with Gasteiger partial charge in [0.05, 0.1) is 19.3 Å². The first-order valence-corrected chi connectivity index (χ1v) is 8.51. The Morgan fingerprint density at radius 2 is 2.04 bits per heavy atom. The molecule has 0 saturated carbocycles. The molecule has 25 heavy (non-hydrogen) atoms. The molecule has 1 atom stereocenters. The molecule has 1 N–H and O–H groups in total. The minimum Gasteiger partial charge on any atom is -0.508 e. The molecule has 4 rings (SSSR count). The number of ether oxygens (including phenoxy) is 3. The van der Waals surface area contributed by atoms with E-state index in [1.807, 2.05) is 26.0 Å². The first kappa shape index (κ1) is 15.9. The molecule has 0 fully saturated rings. The monoisotopic (exact) mass is 338 g/mol. The number of methoxy groups -OCH3 is 1. The number of benzene rings is 2. The quantitative estimate of drug-likeness (QED) is 0.887. The van der Waals surface area contributed by atoms with Crippen molar-refractivity contribution in [3.05, 3.63) is 53.1 Å². The lowest BCUT2D eigenvalue weighted by molar-refractivity contribution is 0.153. The highest BCUT2D eigenvalue weighted by Crippen LogP contribution is 2.44. The Morgan fingerprint density at radius 1 is 1.20 bits per heavy atom. The van der Waals surface area contributed by atoms with Gasteiger partial charge in [0.25, 0.3) is 0 Å². The van der Waals surface area contributed by atoms with Crippen molar-refractivity contribution in [1.29, 1.82) is 0 Å². The Kier molecular flexibility index (Phi) is 3.64. The maximum atomic E-state index is 9.62. The van der Waals surface area contributed by atoms with Crippen molar-refractivity contribution >= 4 is 6.08 Å². The highest BCUT2D eigenvalue weighted by molar-refractivity contribution is 5.70. The third-order valence-corrected chi connectivity index (χ3v) is 4.82. The van der Waals surface area contributed by atoms with Gasteiger partial charge in [0.15, 0.2) is 0 Å². The van der Waals surface area contributed by atoms with Crippen LogP contribution in [0.4, 0.5) is 0 Å². The maximum absolute atomic E-state index is 9.62. The van der Waals surface area contributed by atoms with E-state index in [1.54, 1.807) is 19.2 Å². The van der Waals surface area contributed by atoms with Crippen LogP contribution in [0.3, 0.4) is 0 Å². The third kappa shape index (κ3) is 2.82. The van der Waals surface area contributed by atoms with Crippen LogP contribution >= 0.6 is 0 Å². The zero-order chi connectivity index (χ0) is 17.6. The number of phenols is 1. The van der Waals surface area contributed by atoms with Gasteiger partial charge in [-0.05, 0) is 50.1 Å². The molecule has 2 aliphatic heterocycles. The van der Waals surface area contributed by atoms with Gasteiger partial charge in [-0.15, -0.1) is 0 Å². The molecule has 0 saturated heterocycles. The van der Waals surface area contributed by atoms with Gasteiger partial charge in [0, 0.05) is 17.5 Å². The zero-order valence-electron chi connectivity index (χ0n) is 14.7. The Balaban J connectivity index is 1.75. The molecular weight excluding hydrogens is 316 g/mol. The van der Waals surface area contributed by atoms with Crippen LogP contribution in [0.5, 0.6) is 23.0 Å². The van der Waals surface area contributed by atoms with Gasteiger partial charge in [0.1, 0.15) is 28.6 Å². The Labute approximate surface area is 147 Å². The predicted octanol–water partition coefficient (Wildman–Crippen LogP) is 4.30. The lowest BCUT2D eigenvalue weighted by atomic mass is 9.87. The Bertz CT molecular complexity index is 851. The van der Waals surface area contributed by atoms with Gasteiger partial charge in [-0.2, -0.15) is 0 Å². The average Bonchev–Trinajstić information content (AvgIpc) is 2.59. The molecule has 130 valence electrons. The summed E-state index contributed by atoms with van der Waals surface area (Å²) in [5, 5.41) is 9.62. The molecule has 0 spiro atoms. The average molecular weight is 338 g/mol. The fourth-order valence-corrected chi connectivity index (χ4v) is 3.51. The van der Waals surface area contributed by atoms with Crippen molar-refractivity contribution < 1.29 is 19.3 Å². The number of hydrogen-bond acceptors (Lipinski definition) is 4. The molecule has 2 aromatic rings. The van der Waals surface area contributed by atoms with Crippen molar-refractivity contribution in [2.75, 3.05) is 13.7 Å². The molecule has 2 aromatic carbocycles. The second-order valence-electron chi connectivity index (χ2n) is 7.14. The topological polar surface area (TPSA) is 47.9 Å². The summed E-state index contributed by atoms with van der Waals surface area (Å²) in [6.45, 7) is 4.65. The van der Waals surface area contributed by atoms with Crippen LogP contribution < -0.4 is 14.2 Å². The second-order valence-corrected chi connectivity index (χ2v) is 7.14. The largest absolute Gasteiger partial charge is 0.508 e. The van der Waals surface area contributed by atoms with Crippen LogP contribution in [0.15, 0.2) is 36.4 Å². The highest BCUT2D eigenvalue weighted by atomic mass is 16.5. The van der Waals surface area contributed by atoms with E-state index in [0.29, 0.717) is 6.61 Å². The van der Waals surface area contributed by atoms with Gasteiger partial charge < -0.3 is 19.3 Å². The van der Waals surface area contributed by atoms with E-state index >= 15 is 0 Å². The summed E-state index contributed by atoms with van der Waals surface area (Å²) in [4.78, 5) is 0. The Hall–Kier alpha value is -2.62. The van der Waals surface area contributed by atoms with E-state index in [4.69, 9.17) is 14.2 Å². The van der Waals surface area contributed by atoms with Crippen LogP contribution in [0.2, 0.25) is 0 Å². The second kappa shape index (κ2) is 5.73. The van der Waals surface area contributed by atoms with Crippen molar-refractivity contribution in [2.45, 2.75) is 31.8 Å². The van der Waals surface area contributed by atoms with Crippen LogP contribution in [-0.4, -0.2) is 24.4 Å². The molecule has 0 aromatic heterocycles. The van der Waals surface area contributed by atoms with Gasteiger partial charge in [-0.1, -0.05) is 12.1 Å². The van der Waals surface area contributed by atoms with Crippen molar-refractivity contribution in [1.82, 2.24) is 0 Å². The lowest BCUT2D eigenvalue weighted by Crippen LogP contribution is -2.29. The lowest BCUT2D eigenvalue weighted by Gasteiger charge is -2.33. The smallest absolute Gasteiger partial charge is 0.135 e. The molecule has 4 heteroatoms. The number of aromatic hydroxyl groups is 1. The summed E-state index contributed by atoms with van der Waals surface area (Å²) in [7, 11) is 1.68. The van der Waals surface area contributed by atoms with E-state index in [-0.39, 0.29) is 17.3 Å².